The van der Waals surface area contributed by atoms with Crippen molar-refractivity contribution in [3.05, 3.63) is 79.4 Å². The molecule has 152 valence electrons. The molecule has 1 aromatic carbocycles. The van der Waals surface area contributed by atoms with Crippen molar-refractivity contribution >= 4 is 0 Å². The van der Waals surface area contributed by atoms with E-state index in [1.807, 2.05) is 0 Å². The minimum Gasteiger partial charge on any atom is -0.502 e. The molecular formula is C21H20O8. The molecule has 0 radical (unpaired) electrons. The van der Waals surface area contributed by atoms with Crippen LogP contribution in [0.4, 0.5) is 0 Å². The van der Waals surface area contributed by atoms with Crippen molar-refractivity contribution in [3.8, 4) is 23.0 Å². The molecular weight excluding hydrogens is 380 g/mol. The van der Waals surface area contributed by atoms with Gasteiger partial charge in [0.05, 0.1) is 14.2 Å². The van der Waals surface area contributed by atoms with Gasteiger partial charge in [0.1, 0.15) is 28.9 Å². The summed E-state index contributed by atoms with van der Waals surface area (Å²) >= 11 is 0. The number of rotatable bonds is 5. The van der Waals surface area contributed by atoms with Gasteiger partial charge < -0.3 is 28.5 Å². The molecule has 3 aromatic rings. The van der Waals surface area contributed by atoms with Crippen molar-refractivity contribution in [2.75, 3.05) is 14.2 Å². The maximum atomic E-state index is 12.2. The third kappa shape index (κ3) is 3.82. The quantitative estimate of drug-likeness (QED) is 0.671. The van der Waals surface area contributed by atoms with Crippen LogP contribution in [0.15, 0.2) is 48.8 Å². The lowest BCUT2D eigenvalue weighted by Crippen LogP contribution is -2.13. The zero-order chi connectivity index (χ0) is 21.3. The first-order valence-electron chi connectivity index (χ1n) is 8.65. The molecule has 0 amide bonds. The summed E-state index contributed by atoms with van der Waals surface area (Å²) in [6, 6.07) is 7.08. The Kier molecular flexibility index (Phi) is 5.36. The van der Waals surface area contributed by atoms with E-state index in [0.717, 1.165) is 12.1 Å². The molecule has 0 saturated heterocycles. The smallest absolute Gasteiger partial charge is 0.227 e. The Morgan fingerprint density at radius 3 is 1.55 bits per heavy atom. The average Bonchev–Trinajstić information content (AvgIpc) is 2.68. The maximum Gasteiger partial charge on any atom is 0.227 e. The molecule has 8 nitrogen and oxygen atoms in total. The SMILES string of the molecule is COc1cc(OC)cc(C(c2oc(C)cc(=O)c2O)c2oc(C)cc(=O)c2O)c1. The molecule has 0 spiro atoms. The molecule has 0 atom stereocenters. The van der Waals surface area contributed by atoms with Gasteiger partial charge in [0.2, 0.25) is 22.4 Å². The summed E-state index contributed by atoms with van der Waals surface area (Å²) in [7, 11) is 2.92. The van der Waals surface area contributed by atoms with Crippen molar-refractivity contribution in [1.82, 2.24) is 0 Å². The molecule has 2 heterocycles. The van der Waals surface area contributed by atoms with Crippen molar-refractivity contribution in [2.24, 2.45) is 0 Å². The standard InChI is InChI=1S/C21H20O8/c1-10-5-15(22)18(24)20(28-10)17(21-19(25)16(23)6-11(2)29-21)12-7-13(26-3)9-14(8-12)27-4/h5-9,17,24-25H,1-4H3. The Labute approximate surface area is 165 Å². The van der Waals surface area contributed by atoms with Crippen LogP contribution >= 0.6 is 0 Å². The molecule has 0 bridgehead atoms. The predicted molar refractivity (Wildman–Crippen MR) is 103 cm³/mol. The first-order valence-corrected chi connectivity index (χ1v) is 8.65. The number of benzene rings is 1. The van der Waals surface area contributed by atoms with Crippen LogP contribution in [-0.2, 0) is 0 Å². The van der Waals surface area contributed by atoms with Crippen LogP contribution in [0.1, 0.15) is 34.5 Å². The summed E-state index contributed by atoms with van der Waals surface area (Å²) < 4.78 is 21.8. The van der Waals surface area contributed by atoms with E-state index in [1.165, 1.54) is 14.2 Å². The van der Waals surface area contributed by atoms with E-state index in [-0.39, 0.29) is 23.0 Å². The fourth-order valence-electron chi connectivity index (χ4n) is 3.06. The van der Waals surface area contributed by atoms with Gasteiger partial charge >= 0.3 is 0 Å². The van der Waals surface area contributed by atoms with Crippen LogP contribution in [0.3, 0.4) is 0 Å². The summed E-state index contributed by atoms with van der Waals surface area (Å²) in [6.45, 7) is 3.08. The lowest BCUT2D eigenvalue weighted by Gasteiger charge is -2.19. The van der Waals surface area contributed by atoms with Gasteiger partial charge in [0.25, 0.3) is 0 Å². The number of hydrogen-bond donors (Lipinski definition) is 2. The fourth-order valence-corrected chi connectivity index (χ4v) is 3.06. The number of ether oxygens (including phenoxy) is 2. The van der Waals surface area contributed by atoms with E-state index >= 15 is 0 Å². The van der Waals surface area contributed by atoms with Crippen molar-refractivity contribution in [2.45, 2.75) is 19.8 Å². The van der Waals surface area contributed by atoms with Gasteiger partial charge in [-0.2, -0.15) is 0 Å². The Hall–Kier alpha value is -3.68. The number of methoxy groups -OCH3 is 2. The van der Waals surface area contributed by atoms with Gasteiger partial charge in [-0.05, 0) is 31.5 Å². The lowest BCUT2D eigenvalue weighted by atomic mass is 9.91. The lowest BCUT2D eigenvalue weighted by molar-refractivity contribution is 0.344. The van der Waals surface area contributed by atoms with Crippen LogP contribution in [-0.4, -0.2) is 24.4 Å². The molecule has 29 heavy (non-hydrogen) atoms. The first kappa shape index (κ1) is 20.1. The van der Waals surface area contributed by atoms with Gasteiger partial charge in [0, 0.05) is 18.2 Å². The highest BCUT2D eigenvalue weighted by Crippen LogP contribution is 2.41. The predicted octanol–water partition coefficient (Wildman–Crippen LogP) is 2.82. The second-order valence-electron chi connectivity index (χ2n) is 6.45. The Morgan fingerprint density at radius 1 is 0.759 bits per heavy atom. The average molecular weight is 400 g/mol. The molecule has 0 fully saturated rings. The third-order valence-corrected chi connectivity index (χ3v) is 4.38. The van der Waals surface area contributed by atoms with Crippen LogP contribution in [0.5, 0.6) is 23.0 Å². The fraction of sp³-hybridized carbons (Fsp3) is 0.238. The number of aromatic hydroxyl groups is 2. The van der Waals surface area contributed by atoms with E-state index in [2.05, 4.69) is 0 Å². The summed E-state index contributed by atoms with van der Waals surface area (Å²) in [4.78, 5) is 24.4. The normalized spacial score (nSPS) is 10.9. The van der Waals surface area contributed by atoms with Crippen LogP contribution in [0, 0.1) is 13.8 Å². The maximum absolute atomic E-state index is 12.2. The van der Waals surface area contributed by atoms with Gasteiger partial charge in [-0.25, -0.2) is 0 Å². The molecule has 0 aliphatic heterocycles. The van der Waals surface area contributed by atoms with E-state index in [0.29, 0.717) is 17.1 Å². The first-order chi connectivity index (χ1) is 13.7. The van der Waals surface area contributed by atoms with Crippen LogP contribution in [0.2, 0.25) is 0 Å². The molecule has 0 aliphatic rings. The van der Waals surface area contributed by atoms with E-state index in [9.17, 15) is 19.8 Å². The van der Waals surface area contributed by atoms with E-state index < -0.39 is 28.3 Å². The Bertz CT molecular complexity index is 1080. The molecule has 0 unspecified atom stereocenters. The number of hydrogen-bond acceptors (Lipinski definition) is 8. The molecule has 2 N–H and O–H groups in total. The minimum absolute atomic E-state index is 0.186. The Morgan fingerprint density at radius 2 is 1.17 bits per heavy atom. The summed E-state index contributed by atoms with van der Waals surface area (Å²) in [5.74, 6) is -1.53. The van der Waals surface area contributed by atoms with E-state index in [4.69, 9.17) is 18.3 Å². The largest absolute Gasteiger partial charge is 0.502 e. The summed E-state index contributed by atoms with van der Waals surface area (Å²) in [5, 5.41) is 20.9. The van der Waals surface area contributed by atoms with Gasteiger partial charge in [-0.15, -0.1) is 0 Å². The van der Waals surface area contributed by atoms with Crippen molar-refractivity contribution < 1.29 is 28.5 Å². The minimum atomic E-state index is -1.13. The highest BCUT2D eigenvalue weighted by atomic mass is 16.5. The second kappa shape index (κ2) is 7.75. The molecule has 8 heteroatoms. The van der Waals surface area contributed by atoms with Crippen LogP contribution < -0.4 is 20.3 Å². The Balaban J connectivity index is 2.42. The van der Waals surface area contributed by atoms with Crippen molar-refractivity contribution in [3.63, 3.8) is 0 Å². The molecule has 0 saturated carbocycles. The highest BCUT2D eigenvalue weighted by molar-refractivity contribution is 5.50. The molecule has 3 rings (SSSR count). The molecule has 2 aromatic heterocycles. The molecule has 0 aliphatic carbocycles. The summed E-state index contributed by atoms with van der Waals surface area (Å²) in [6.07, 6.45) is 0. The third-order valence-electron chi connectivity index (χ3n) is 4.38. The number of aryl methyl sites for hydroxylation is 2. The zero-order valence-corrected chi connectivity index (χ0v) is 16.3. The van der Waals surface area contributed by atoms with Gasteiger partial charge in [-0.1, -0.05) is 0 Å². The summed E-state index contributed by atoms with van der Waals surface area (Å²) in [5.41, 5.74) is -0.939. The van der Waals surface area contributed by atoms with Gasteiger partial charge in [-0.3, -0.25) is 9.59 Å². The second-order valence-corrected chi connectivity index (χ2v) is 6.45. The van der Waals surface area contributed by atoms with Crippen LogP contribution in [0.25, 0.3) is 0 Å². The topological polar surface area (TPSA) is 119 Å². The van der Waals surface area contributed by atoms with E-state index in [1.54, 1.807) is 32.0 Å². The zero-order valence-electron chi connectivity index (χ0n) is 16.3. The van der Waals surface area contributed by atoms with Crippen molar-refractivity contribution in [1.29, 1.82) is 0 Å². The van der Waals surface area contributed by atoms with Gasteiger partial charge in [0.15, 0.2) is 11.5 Å². The highest BCUT2D eigenvalue weighted by Gasteiger charge is 2.31. The monoisotopic (exact) mass is 400 g/mol.